The lowest BCUT2D eigenvalue weighted by molar-refractivity contribution is -0.228. The smallest absolute Gasteiger partial charge is 0.344 e. The van der Waals surface area contributed by atoms with Gasteiger partial charge in [-0.1, -0.05) is 37.3 Å². The number of para-hydroxylation sites is 1. The van der Waals surface area contributed by atoms with Crippen molar-refractivity contribution in [3.05, 3.63) is 59.7 Å². The van der Waals surface area contributed by atoms with Gasteiger partial charge in [-0.15, -0.1) is 0 Å². The molecule has 1 aliphatic carbocycles. The third-order valence-electron chi connectivity index (χ3n) is 14.5. The van der Waals surface area contributed by atoms with Crippen molar-refractivity contribution in [1.29, 1.82) is 0 Å². The number of halogens is 2. The molecule has 318 valence electrons. The van der Waals surface area contributed by atoms with Crippen LogP contribution < -0.4 is 9.64 Å². The fourth-order valence-electron chi connectivity index (χ4n) is 12.2. The molecule has 12 nitrogen and oxygen atoms in total. The molecule has 1 aromatic heterocycles. The minimum Gasteiger partial charge on any atom is -0.496 e. The number of esters is 3. The Bertz CT molecular complexity index is 2190. The zero-order valence-electron chi connectivity index (χ0n) is 35.0. The van der Waals surface area contributed by atoms with Crippen molar-refractivity contribution in [3.8, 4) is 17.0 Å². The van der Waals surface area contributed by atoms with Gasteiger partial charge in [0.1, 0.15) is 5.75 Å². The van der Waals surface area contributed by atoms with Crippen LogP contribution in [0, 0.1) is 17.3 Å². The number of aromatic amines is 1. The highest BCUT2D eigenvalue weighted by molar-refractivity contribution is 5.94. The topological polar surface area (TPSA) is 134 Å². The summed E-state index contributed by atoms with van der Waals surface area (Å²) in [5, 5.41) is 14.1. The molecule has 0 unspecified atom stereocenters. The monoisotopic (exact) mass is 818 g/mol. The molecule has 59 heavy (non-hydrogen) atoms. The zero-order chi connectivity index (χ0) is 42.2. The summed E-state index contributed by atoms with van der Waals surface area (Å²) in [7, 11) is 6.04. The van der Waals surface area contributed by atoms with Gasteiger partial charge in [0, 0.05) is 97.6 Å². The first-order chi connectivity index (χ1) is 28.1. The van der Waals surface area contributed by atoms with E-state index in [2.05, 4.69) is 20.9 Å². The van der Waals surface area contributed by atoms with Crippen LogP contribution >= 0.6 is 0 Å². The number of methoxy groups -OCH3 is 3. The van der Waals surface area contributed by atoms with E-state index in [9.17, 15) is 19.5 Å². The van der Waals surface area contributed by atoms with Crippen molar-refractivity contribution >= 4 is 34.5 Å². The summed E-state index contributed by atoms with van der Waals surface area (Å²) in [4.78, 5) is 49.3. The molecule has 3 aromatic rings. The van der Waals surface area contributed by atoms with E-state index in [4.69, 9.17) is 18.9 Å². The van der Waals surface area contributed by atoms with E-state index in [0.29, 0.717) is 57.6 Å². The molecule has 4 aliphatic heterocycles. The normalized spacial score (nSPS) is 31.4. The molecule has 2 N–H and O–H groups in total. The number of carbonyl (C=O) groups excluding carboxylic acids is 3. The molecule has 8 atom stereocenters. The highest BCUT2D eigenvalue weighted by Crippen LogP contribution is 2.68. The second-order valence-electron chi connectivity index (χ2n) is 17.5. The van der Waals surface area contributed by atoms with Crippen LogP contribution in [0.25, 0.3) is 22.2 Å². The highest BCUT2D eigenvalue weighted by atomic mass is 19.3. The Labute approximate surface area is 343 Å². The zero-order valence-corrected chi connectivity index (χ0v) is 35.0. The maximum Gasteiger partial charge on any atom is 0.344 e. The molecule has 0 bridgehead atoms. The number of aromatic nitrogens is 1. The Hall–Kier alpha value is -4.53. The molecule has 0 amide bonds. The average Bonchev–Trinajstić information content (AvgIpc) is 3.87. The lowest BCUT2D eigenvalue weighted by Crippen LogP contribution is -2.81. The number of hydrogen-bond acceptors (Lipinski definition) is 11. The SMILES string of the molecule is CC[C@]12C=CCN3CC[C@@]4(c5cc(-c6[nH]c7ccccc7c6CN6C[C@@H](CCC(=O)OC)C[C@@H](C(C)(F)F)C6)c(OC)cc5N(C)[C@H]4[C@@](O)(C(=O)OC)[C@@H]1OC(C)=O)[C@@H]32. The third-order valence-corrected chi connectivity index (χ3v) is 14.5. The van der Waals surface area contributed by atoms with E-state index in [0.717, 1.165) is 45.9 Å². The molecule has 5 heterocycles. The lowest BCUT2D eigenvalue weighted by Gasteiger charge is -2.63. The number of ether oxygens (including phenoxy) is 4. The van der Waals surface area contributed by atoms with Crippen LogP contribution in [-0.2, 0) is 40.6 Å². The van der Waals surface area contributed by atoms with Gasteiger partial charge < -0.3 is 33.9 Å². The van der Waals surface area contributed by atoms with E-state index in [-0.39, 0.29) is 30.9 Å². The number of benzene rings is 2. The molecule has 2 aromatic carbocycles. The van der Waals surface area contributed by atoms with E-state index >= 15 is 8.78 Å². The number of likely N-dealkylation sites (tertiary alicyclic amines) is 1. The van der Waals surface area contributed by atoms with E-state index in [1.807, 2.05) is 61.4 Å². The minimum absolute atomic E-state index is 0.127. The number of H-pyrrole nitrogens is 1. The predicted molar refractivity (Wildman–Crippen MR) is 217 cm³/mol. The number of piperidine rings is 1. The second kappa shape index (κ2) is 14.9. The van der Waals surface area contributed by atoms with Crippen LogP contribution in [0.4, 0.5) is 14.5 Å². The maximum absolute atomic E-state index is 15.1. The molecular formula is C45H56F2N4O8. The summed E-state index contributed by atoms with van der Waals surface area (Å²) in [5.74, 6) is -5.21. The standard InChI is InChI=1S/C45H56F2N4O8/c1-8-43-16-11-18-51-19-17-44(38(43)51)32-21-30(35(56-5)22-34(32)49(4)39(44)45(55,41(54)58-7)40(43)59-26(2)52)37-31(29-12-9-10-13-33(29)48-37)25-50-23-27(14-15-36(53)57-6)20-28(24-50)42(3,46)47/h9-13,16,21-22,27-28,38-40,48,55H,8,14-15,17-20,23-25H2,1-7H3/t27-,28+,38-,39+,40+,43+,44+,45-/m0/s1. The van der Waals surface area contributed by atoms with Gasteiger partial charge in [-0.2, -0.15) is 0 Å². The number of nitrogens with one attached hydrogen (secondary N) is 1. The summed E-state index contributed by atoms with van der Waals surface area (Å²) in [6.07, 6.45) is 4.85. The van der Waals surface area contributed by atoms with Crippen LogP contribution in [0.15, 0.2) is 48.6 Å². The fraction of sp³-hybridized carbons (Fsp3) is 0.578. The molecule has 14 heteroatoms. The number of likely N-dealkylation sites (N-methyl/N-ethyl adjacent to an activating group) is 1. The predicted octanol–water partition coefficient (Wildman–Crippen LogP) is 5.84. The van der Waals surface area contributed by atoms with E-state index in [1.54, 1.807) is 7.11 Å². The molecule has 1 spiro atoms. The van der Waals surface area contributed by atoms with Gasteiger partial charge in [0.25, 0.3) is 0 Å². The van der Waals surface area contributed by atoms with Crippen LogP contribution in [0.3, 0.4) is 0 Å². The van der Waals surface area contributed by atoms with Crippen molar-refractivity contribution in [1.82, 2.24) is 14.8 Å². The van der Waals surface area contributed by atoms with Crippen LogP contribution in [0.5, 0.6) is 5.75 Å². The summed E-state index contributed by atoms with van der Waals surface area (Å²) < 4.78 is 52.8. The number of alkyl halides is 2. The van der Waals surface area contributed by atoms with Gasteiger partial charge in [0.2, 0.25) is 11.5 Å². The fourth-order valence-corrected chi connectivity index (χ4v) is 12.2. The summed E-state index contributed by atoms with van der Waals surface area (Å²) >= 11 is 0. The van der Waals surface area contributed by atoms with Crippen molar-refractivity contribution < 1.29 is 47.2 Å². The largest absolute Gasteiger partial charge is 0.496 e. The van der Waals surface area contributed by atoms with E-state index < -0.39 is 52.4 Å². The Morgan fingerprint density at radius 3 is 2.51 bits per heavy atom. The second-order valence-corrected chi connectivity index (χ2v) is 17.5. The van der Waals surface area contributed by atoms with E-state index in [1.165, 1.54) is 21.1 Å². The summed E-state index contributed by atoms with van der Waals surface area (Å²) in [6, 6.07) is 10.9. The van der Waals surface area contributed by atoms with Gasteiger partial charge >= 0.3 is 17.9 Å². The number of aliphatic hydroxyl groups is 1. The van der Waals surface area contributed by atoms with Crippen molar-refractivity contribution in [2.24, 2.45) is 17.3 Å². The number of anilines is 1. The first kappa shape index (κ1) is 41.2. The Balaban J connectivity index is 1.30. The minimum atomic E-state index is -2.91. The molecular weight excluding hydrogens is 763 g/mol. The number of rotatable bonds is 11. The Morgan fingerprint density at radius 1 is 1.07 bits per heavy atom. The van der Waals surface area contributed by atoms with Gasteiger partial charge in [-0.3, -0.25) is 19.4 Å². The maximum atomic E-state index is 15.1. The highest BCUT2D eigenvalue weighted by Gasteiger charge is 2.80. The lowest BCUT2D eigenvalue weighted by atomic mass is 9.47. The molecule has 3 fully saturated rings. The molecule has 8 rings (SSSR count). The number of nitrogens with zero attached hydrogens (tertiary/aromatic N) is 3. The third kappa shape index (κ3) is 6.17. The summed E-state index contributed by atoms with van der Waals surface area (Å²) in [5.41, 5.74) is 0.986. The first-order valence-corrected chi connectivity index (χ1v) is 20.7. The van der Waals surface area contributed by atoms with Gasteiger partial charge in [-0.25, -0.2) is 13.6 Å². The van der Waals surface area contributed by atoms with Crippen molar-refractivity contribution in [3.63, 3.8) is 0 Å². The number of carbonyl (C=O) groups is 3. The summed E-state index contributed by atoms with van der Waals surface area (Å²) in [6.45, 7) is 6.71. The molecule has 5 aliphatic rings. The van der Waals surface area contributed by atoms with Crippen LogP contribution in [0.2, 0.25) is 0 Å². The number of hydrogen-bond donors (Lipinski definition) is 2. The Kier molecular flexibility index (Phi) is 10.4. The molecule has 1 saturated carbocycles. The molecule has 0 radical (unpaired) electrons. The first-order valence-electron chi connectivity index (χ1n) is 20.7. The Morgan fingerprint density at radius 2 is 1.83 bits per heavy atom. The van der Waals surface area contributed by atoms with Crippen LogP contribution in [-0.4, -0.2) is 122 Å². The van der Waals surface area contributed by atoms with Gasteiger partial charge in [0.15, 0.2) is 6.10 Å². The van der Waals surface area contributed by atoms with Crippen molar-refractivity contribution in [2.45, 2.75) is 94.5 Å². The number of fused-ring (bicyclic) bond motifs is 2. The van der Waals surface area contributed by atoms with Gasteiger partial charge in [0.05, 0.1) is 33.1 Å². The quantitative estimate of drug-likeness (QED) is 0.138. The van der Waals surface area contributed by atoms with Crippen LogP contribution in [0.1, 0.15) is 64.0 Å². The van der Waals surface area contributed by atoms with Crippen molar-refractivity contribution in [2.75, 3.05) is 59.5 Å². The average molecular weight is 819 g/mol. The van der Waals surface area contributed by atoms with Gasteiger partial charge in [-0.05, 0) is 68.3 Å². The molecule has 2 saturated heterocycles.